The third kappa shape index (κ3) is 3.09. The number of urea groups is 1. The molecule has 0 aromatic heterocycles. The summed E-state index contributed by atoms with van der Waals surface area (Å²) in [4.78, 5) is 23.2. The van der Waals surface area contributed by atoms with Crippen LogP contribution in [0, 0.1) is 11.7 Å². The van der Waals surface area contributed by atoms with Crippen LogP contribution in [0.25, 0.3) is 0 Å². The van der Waals surface area contributed by atoms with E-state index in [0.29, 0.717) is 4.47 Å². The second-order valence-corrected chi connectivity index (χ2v) is 5.84. The van der Waals surface area contributed by atoms with Crippen molar-refractivity contribution in [3.63, 3.8) is 0 Å². The second kappa shape index (κ2) is 5.40. The van der Waals surface area contributed by atoms with Crippen LogP contribution in [0.15, 0.2) is 22.7 Å². The van der Waals surface area contributed by atoms with E-state index in [1.54, 1.807) is 0 Å². The predicted octanol–water partition coefficient (Wildman–Crippen LogP) is 2.96. The summed E-state index contributed by atoms with van der Waals surface area (Å²) in [5, 5.41) is 14.1. The van der Waals surface area contributed by atoms with Gasteiger partial charge in [0.05, 0.1) is 5.69 Å². The standard InChI is InChI=1S/C13H14BrFN2O3/c1-13(11(18)19,7-2-3-7)17-12(20)16-10-6-8(15)4-5-9(10)14/h4-7H,2-3H2,1H3,(H,18,19)(H2,16,17,20). The van der Waals surface area contributed by atoms with Crippen molar-refractivity contribution >= 4 is 33.6 Å². The van der Waals surface area contributed by atoms with E-state index in [9.17, 15) is 19.1 Å². The molecule has 1 aliphatic carbocycles. The maximum atomic E-state index is 13.1. The normalized spacial score (nSPS) is 17.1. The Morgan fingerprint density at radius 1 is 1.45 bits per heavy atom. The first kappa shape index (κ1) is 14.8. The van der Waals surface area contributed by atoms with Crippen molar-refractivity contribution in [2.45, 2.75) is 25.3 Å². The maximum absolute atomic E-state index is 13.1. The van der Waals surface area contributed by atoms with Gasteiger partial charge in [-0.15, -0.1) is 0 Å². The van der Waals surface area contributed by atoms with Crippen LogP contribution in [-0.4, -0.2) is 22.6 Å². The Bertz CT molecular complexity index is 563. The first-order valence-electron chi connectivity index (χ1n) is 6.10. The lowest BCUT2D eigenvalue weighted by Gasteiger charge is -2.26. The van der Waals surface area contributed by atoms with Gasteiger partial charge in [0.15, 0.2) is 0 Å². The molecule has 0 aliphatic heterocycles. The van der Waals surface area contributed by atoms with Crippen LogP contribution in [0.4, 0.5) is 14.9 Å². The number of rotatable bonds is 4. The lowest BCUT2D eigenvalue weighted by Crippen LogP contribution is -2.55. The molecular formula is C13H14BrFN2O3. The Balaban J connectivity index is 2.08. The van der Waals surface area contributed by atoms with Crippen molar-refractivity contribution < 1.29 is 19.1 Å². The summed E-state index contributed by atoms with van der Waals surface area (Å²) in [7, 11) is 0. The molecule has 1 unspecified atom stereocenters. The molecule has 20 heavy (non-hydrogen) atoms. The van der Waals surface area contributed by atoms with Crippen molar-refractivity contribution in [3.8, 4) is 0 Å². The van der Waals surface area contributed by atoms with E-state index in [1.807, 2.05) is 0 Å². The number of aliphatic carboxylic acids is 1. The molecule has 0 heterocycles. The van der Waals surface area contributed by atoms with Gasteiger partial charge >= 0.3 is 12.0 Å². The minimum atomic E-state index is -1.30. The second-order valence-electron chi connectivity index (χ2n) is 4.99. The molecule has 0 radical (unpaired) electrons. The molecule has 0 bridgehead atoms. The van der Waals surface area contributed by atoms with Crippen molar-refractivity contribution in [1.29, 1.82) is 0 Å². The number of benzene rings is 1. The Morgan fingerprint density at radius 2 is 2.10 bits per heavy atom. The number of nitrogens with one attached hydrogen (secondary N) is 2. The molecule has 1 saturated carbocycles. The molecule has 1 aliphatic rings. The van der Waals surface area contributed by atoms with Gasteiger partial charge in [0.25, 0.3) is 0 Å². The minimum absolute atomic E-state index is 0.0679. The van der Waals surface area contributed by atoms with E-state index in [1.165, 1.54) is 19.1 Å². The SMILES string of the molecule is CC(NC(=O)Nc1cc(F)ccc1Br)(C(=O)O)C1CC1. The van der Waals surface area contributed by atoms with Crippen molar-refractivity contribution in [2.75, 3.05) is 5.32 Å². The summed E-state index contributed by atoms with van der Waals surface area (Å²) >= 11 is 3.18. The number of amides is 2. The summed E-state index contributed by atoms with van der Waals surface area (Å²) in [6.07, 6.45) is 1.54. The molecule has 1 atom stereocenters. The van der Waals surface area contributed by atoms with Crippen molar-refractivity contribution in [2.24, 2.45) is 5.92 Å². The van der Waals surface area contributed by atoms with Gasteiger partial charge < -0.3 is 15.7 Å². The zero-order valence-corrected chi connectivity index (χ0v) is 12.3. The van der Waals surface area contributed by atoms with E-state index in [4.69, 9.17) is 0 Å². The molecule has 2 amide bonds. The zero-order valence-electron chi connectivity index (χ0n) is 10.7. The number of hydrogen-bond donors (Lipinski definition) is 3. The van der Waals surface area contributed by atoms with Crippen molar-refractivity contribution in [3.05, 3.63) is 28.5 Å². The quantitative estimate of drug-likeness (QED) is 0.785. The van der Waals surface area contributed by atoms with Crippen LogP contribution in [0.1, 0.15) is 19.8 Å². The maximum Gasteiger partial charge on any atom is 0.329 e. The van der Waals surface area contributed by atoms with Crippen LogP contribution in [-0.2, 0) is 4.79 Å². The van der Waals surface area contributed by atoms with E-state index in [0.717, 1.165) is 18.9 Å². The van der Waals surface area contributed by atoms with Gasteiger partial charge in [-0.3, -0.25) is 0 Å². The van der Waals surface area contributed by atoms with Crippen LogP contribution in [0.3, 0.4) is 0 Å². The highest BCUT2D eigenvalue weighted by Crippen LogP contribution is 2.39. The predicted molar refractivity (Wildman–Crippen MR) is 75.0 cm³/mol. The highest BCUT2D eigenvalue weighted by molar-refractivity contribution is 9.10. The Labute approximate surface area is 123 Å². The molecule has 1 aromatic rings. The number of carbonyl (C=O) groups is 2. The number of carbonyl (C=O) groups excluding carboxylic acids is 1. The number of carboxylic acids is 1. The van der Waals surface area contributed by atoms with Gasteiger partial charge in [-0.1, -0.05) is 0 Å². The van der Waals surface area contributed by atoms with Crippen LogP contribution in [0.5, 0.6) is 0 Å². The van der Waals surface area contributed by atoms with Crippen LogP contribution in [0.2, 0.25) is 0 Å². The lowest BCUT2D eigenvalue weighted by atomic mass is 9.96. The molecule has 3 N–H and O–H groups in total. The first-order chi connectivity index (χ1) is 9.33. The van der Waals surface area contributed by atoms with Gasteiger partial charge in [0, 0.05) is 4.47 Å². The largest absolute Gasteiger partial charge is 0.480 e. The number of carboxylic acid groups (broad SMARTS) is 1. The van der Waals surface area contributed by atoms with E-state index in [-0.39, 0.29) is 11.6 Å². The Hall–Kier alpha value is -1.63. The fraction of sp³-hybridized carbons (Fsp3) is 0.385. The summed E-state index contributed by atoms with van der Waals surface area (Å²) < 4.78 is 13.6. The number of halogens is 2. The van der Waals surface area contributed by atoms with Crippen LogP contribution < -0.4 is 10.6 Å². The van der Waals surface area contributed by atoms with Gasteiger partial charge in [0.2, 0.25) is 0 Å². The molecule has 5 nitrogen and oxygen atoms in total. The molecule has 0 spiro atoms. The van der Waals surface area contributed by atoms with Gasteiger partial charge in [-0.2, -0.15) is 0 Å². The third-order valence-electron chi connectivity index (χ3n) is 3.39. The Morgan fingerprint density at radius 3 is 2.65 bits per heavy atom. The molecular weight excluding hydrogens is 331 g/mol. The number of hydrogen-bond acceptors (Lipinski definition) is 2. The highest BCUT2D eigenvalue weighted by Gasteiger charge is 2.48. The molecule has 0 saturated heterocycles. The minimum Gasteiger partial charge on any atom is -0.480 e. The summed E-state index contributed by atoms with van der Waals surface area (Å²) in [5.41, 5.74) is -1.06. The fourth-order valence-electron chi connectivity index (χ4n) is 1.97. The molecule has 108 valence electrons. The lowest BCUT2D eigenvalue weighted by molar-refractivity contribution is -0.144. The van der Waals surface area contributed by atoms with E-state index < -0.39 is 23.4 Å². The average molecular weight is 345 g/mol. The third-order valence-corrected chi connectivity index (χ3v) is 4.08. The van der Waals surface area contributed by atoms with E-state index in [2.05, 4.69) is 26.6 Å². The monoisotopic (exact) mass is 344 g/mol. The smallest absolute Gasteiger partial charge is 0.329 e. The molecule has 7 heteroatoms. The topological polar surface area (TPSA) is 78.4 Å². The van der Waals surface area contributed by atoms with Crippen molar-refractivity contribution in [1.82, 2.24) is 5.32 Å². The molecule has 1 aromatic carbocycles. The summed E-state index contributed by atoms with van der Waals surface area (Å²) in [5.74, 6) is -1.64. The van der Waals surface area contributed by atoms with E-state index >= 15 is 0 Å². The number of anilines is 1. The average Bonchev–Trinajstić information content (AvgIpc) is 3.17. The highest BCUT2D eigenvalue weighted by atomic mass is 79.9. The molecule has 2 rings (SSSR count). The first-order valence-corrected chi connectivity index (χ1v) is 6.90. The van der Waals surface area contributed by atoms with Gasteiger partial charge in [-0.25, -0.2) is 14.0 Å². The zero-order chi connectivity index (χ0) is 14.9. The van der Waals surface area contributed by atoms with Gasteiger partial charge in [-0.05, 0) is 59.8 Å². The van der Waals surface area contributed by atoms with Crippen LogP contribution >= 0.6 is 15.9 Å². The fourth-order valence-corrected chi connectivity index (χ4v) is 2.32. The Kier molecular flexibility index (Phi) is 3.99. The van der Waals surface area contributed by atoms with Gasteiger partial charge in [0.1, 0.15) is 11.4 Å². The molecule has 1 fully saturated rings. The summed E-state index contributed by atoms with van der Waals surface area (Å²) in [6, 6.07) is 3.19. The summed E-state index contributed by atoms with van der Waals surface area (Å²) in [6.45, 7) is 1.48.